The maximum absolute atomic E-state index is 12.1. The highest BCUT2D eigenvalue weighted by molar-refractivity contribution is 5.77. The van der Waals surface area contributed by atoms with Crippen molar-refractivity contribution in [2.75, 3.05) is 14.2 Å². The van der Waals surface area contributed by atoms with Gasteiger partial charge in [-0.05, 0) is 41.8 Å². The van der Waals surface area contributed by atoms with E-state index in [4.69, 9.17) is 9.47 Å². The molecule has 26 heavy (non-hydrogen) atoms. The zero-order valence-electron chi connectivity index (χ0n) is 14.7. The number of carbonyl (C=O) groups is 1. The van der Waals surface area contributed by atoms with Gasteiger partial charge in [0.05, 0.1) is 25.3 Å². The van der Waals surface area contributed by atoms with Crippen molar-refractivity contribution in [3.05, 3.63) is 58.0 Å². The normalized spacial score (nSPS) is 10.7. The molecular formula is C19H21N3O4. The molecule has 0 aliphatic rings. The Labute approximate surface area is 150 Å². The standard InChI is InChI=1S/C19H21N3O4/c1-25-16-7-4-12(10-17(16)26-2)5-8-18(23)20-11-13-3-6-14-15(9-13)22-19(24)21-14/h3-4,6-7,9-10H,5,8,11H2,1-2H3,(H,20,23)(H2,21,22,24). The van der Waals surface area contributed by atoms with Crippen LogP contribution in [0.1, 0.15) is 17.5 Å². The molecule has 0 saturated heterocycles. The highest BCUT2D eigenvalue weighted by Gasteiger charge is 2.07. The third kappa shape index (κ3) is 4.05. The summed E-state index contributed by atoms with van der Waals surface area (Å²) in [6.07, 6.45) is 0.981. The number of carbonyl (C=O) groups excluding carboxylic acids is 1. The lowest BCUT2D eigenvalue weighted by Gasteiger charge is -2.10. The van der Waals surface area contributed by atoms with Gasteiger partial charge in [0.2, 0.25) is 5.91 Å². The van der Waals surface area contributed by atoms with Crippen LogP contribution in [0.4, 0.5) is 0 Å². The Morgan fingerprint density at radius 2 is 1.69 bits per heavy atom. The van der Waals surface area contributed by atoms with Gasteiger partial charge in [0.25, 0.3) is 0 Å². The molecule has 0 unspecified atom stereocenters. The van der Waals surface area contributed by atoms with Crippen LogP contribution in [0, 0.1) is 0 Å². The minimum Gasteiger partial charge on any atom is -0.493 e. The van der Waals surface area contributed by atoms with Gasteiger partial charge < -0.3 is 24.8 Å². The summed E-state index contributed by atoms with van der Waals surface area (Å²) in [5.41, 5.74) is 3.16. The Bertz CT molecular complexity index is 974. The lowest BCUT2D eigenvalue weighted by Crippen LogP contribution is -2.23. The molecule has 3 rings (SSSR count). The highest BCUT2D eigenvalue weighted by Crippen LogP contribution is 2.27. The molecule has 1 aromatic heterocycles. The summed E-state index contributed by atoms with van der Waals surface area (Å²) in [5, 5.41) is 2.89. The van der Waals surface area contributed by atoms with Gasteiger partial charge in [0.15, 0.2) is 11.5 Å². The molecule has 3 N–H and O–H groups in total. The molecule has 0 saturated carbocycles. The number of aromatic nitrogens is 2. The predicted molar refractivity (Wildman–Crippen MR) is 98.6 cm³/mol. The first-order valence-electron chi connectivity index (χ1n) is 8.27. The highest BCUT2D eigenvalue weighted by atomic mass is 16.5. The lowest BCUT2D eigenvalue weighted by molar-refractivity contribution is -0.121. The van der Waals surface area contributed by atoms with Crippen LogP contribution in [0.25, 0.3) is 11.0 Å². The molecule has 3 aromatic rings. The molecule has 1 heterocycles. The quantitative estimate of drug-likeness (QED) is 0.605. The summed E-state index contributed by atoms with van der Waals surface area (Å²) in [4.78, 5) is 28.8. The van der Waals surface area contributed by atoms with Crippen molar-refractivity contribution in [2.45, 2.75) is 19.4 Å². The van der Waals surface area contributed by atoms with Gasteiger partial charge in [-0.1, -0.05) is 12.1 Å². The topological polar surface area (TPSA) is 96.2 Å². The zero-order chi connectivity index (χ0) is 18.5. The first-order chi connectivity index (χ1) is 12.6. The van der Waals surface area contributed by atoms with E-state index >= 15 is 0 Å². The Hall–Kier alpha value is -3.22. The lowest BCUT2D eigenvalue weighted by atomic mass is 10.1. The number of nitrogens with one attached hydrogen (secondary N) is 3. The van der Waals surface area contributed by atoms with Crippen molar-refractivity contribution >= 4 is 16.9 Å². The average Bonchev–Trinajstić information content (AvgIpc) is 3.03. The van der Waals surface area contributed by atoms with E-state index in [0.29, 0.717) is 30.9 Å². The fourth-order valence-electron chi connectivity index (χ4n) is 2.77. The fourth-order valence-corrected chi connectivity index (χ4v) is 2.77. The largest absolute Gasteiger partial charge is 0.493 e. The van der Waals surface area contributed by atoms with Crippen LogP contribution < -0.4 is 20.5 Å². The number of fused-ring (bicyclic) bond motifs is 1. The number of hydrogen-bond donors (Lipinski definition) is 3. The van der Waals surface area contributed by atoms with E-state index < -0.39 is 0 Å². The van der Waals surface area contributed by atoms with E-state index in [2.05, 4.69) is 15.3 Å². The van der Waals surface area contributed by atoms with Gasteiger partial charge in [-0.15, -0.1) is 0 Å². The van der Waals surface area contributed by atoms with Gasteiger partial charge in [-0.3, -0.25) is 4.79 Å². The Kier molecular flexibility index (Phi) is 5.26. The van der Waals surface area contributed by atoms with Crippen LogP contribution in [-0.4, -0.2) is 30.1 Å². The summed E-state index contributed by atoms with van der Waals surface area (Å²) < 4.78 is 10.5. The van der Waals surface area contributed by atoms with E-state index in [1.807, 2.05) is 36.4 Å². The van der Waals surface area contributed by atoms with Crippen molar-refractivity contribution in [1.82, 2.24) is 15.3 Å². The van der Waals surface area contributed by atoms with E-state index in [1.54, 1.807) is 14.2 Å². The monoisotopic (exact) mass is 355 g/mol. The third-order valence-electron chi connectivity index (χ3n) is 4.16. The van der Waals surface area contributed by atoms with Crippen LogP contribution >= 0.6 is 0 Å². The predicted octanol–water partition coefficient (Wildman–Crippen LogP) is 2.12. The van der Waals surface area contributed by atoms with Crippen molar-refractivity contribution in [3.63, 3.8) is 0 Å². The third-order valence-corrected chi connectivity index (χ3v) is 4.16. The molecule has 0 aliphatic carbocycles. The summed E-state index contributed by atoms with van der Waals surface area (Å²) >= 11 is 0. The summed E-state index contributed by atoms with van der Waals surface area (Å²) in [5.74, 6) is 1.28. The van der Waals surface area contributed by atoms with Gasteiger partial charge in [-0.25, -0.2) is 4.79 Å². The Morgan fingerprint density at radius 3 is 2.46 bits per heavy atom. The second-order valence-corrected chi connectivity index (χ2v) is 5.93. The molecule has 0 fully saturated rings. The minimum atomic E-state index is -0.240. The number of rotatable bonds is 7. The number of benzene rings is 2. The van der Waals surface area contributed by atoms with Gasteiger partial charge >= 0.3 is 5.69 Å². The van der Waals surface area contributed by atoms with Crippen molar-refractivity contribution in [1.29, 1.82) is 0 Å². The number of aromatic amines is 2. The van der Waals surface area contributed by atoms with Crippen molar-refractivity contribution in [3.8, 4) is 11.5 Å². The molecule has 1 amide bonds. The number of ether oxygens (including phenoxy) is 2. The Balaban J connectivity index is 1.54. The number of H-pyrrole nitrogens is 2. The average molecular weight is 355 g/mol. The van der Waals surface area contributed by atoms with E-state index in [1.165, 1.54) is 0 Å². The van der Waals surface area contributed by atoms with Gasteiger partial charge in [0, 0.05) is 13.0 Å². The summed E-state index contributed by atoms with van der Waals surface area (Å²) in [6.45, 7) is 0.411. The number of amides is 1. The molecule has 7 nitrogen and oxygen atoms in total. The van der Waals surface area contributed by atoms with Gasteiger partial charge in [-0.2, -0.15) is 0 Å². The molecule has 2 aromatic carbocycles. The Morgan fingerprint density at radius 1 is 0.962 bits per heavy atom. The van der Waals surface area contributed by atoms with Gasteiger partial charge in [0.1, 0.15) is 0 Å². The molecule has 0 bridgehead atoms. The van der Waals surface area contributed by atoms with Crippen LogP contribution in [0.5, 0.6) is 11.5 Å². The van der Waals surface area contributed by atoms with E-state index in [9.17, 15) is 9.59 Å². The fraction of sp³-hybridized carbons (Fsp3) is 0.263. The second kappa shape index (κ2) is 7.77. The molecule has 7 heteroatoms. The smallest absolute Gasteiger partial charge is 0.323 e. The molecule has 0 spiro atoms. The number of methoxy groups -OCH3 is 2. The van der Waals surface area contributed by atoms with Crippen LogP contribution in [0.15, 0.2) is 41.2 Å². The van der Waals surface area contributed by atoms with Crippen molar-refractivity contribution in [2.24, 2.45) is 0 Å². The maximum atomic E-state index is 12.1. The zero-order valence-corrected chi connectivity index (χ0v) is 14.7. The number of hydrogen-bond acceptors (Lipinski definition) is 4. The molecular weight excluding hydrogens is 334 g/mol. The van der Waals surface area contributed by atoms with Crippen molar-refractivity contribution < 1.29 is 14.3 Å². The molecule has 0 aliphatic heterocycles. The number of imidazole rings is 1. The first-order valence-corrected chi connectivity index (χ1v) is 8.27. The SMILES string of the molecule is COc1ccc(CCC(=O)NCc2ccc3[nH]c(=O)[nH]c3c2)cc1OC. The summed E-state index contributed by atoms with van der Waals surface area (Å²) in [6, 6.07) is 11.2. The van der Waals surface area contributed by atoms with Crippen LogP contribution in [-0.2, 0) is 17.8 Å². The van der Waals surface area contributed by atoms with E-state index in [-0.39, 0.29) is 11.6 Å². The molecule has 0 radical (unpaired) electrons. The maximum Gasteiger partial charge on any atom is 0.323 e. The summed E-state index contributed by atoms with van der Waals surface area (Å²) in [7, 11) is 3.17. The molecule has 0 atom stereocenters. The minimum absolute atomic E-state index is 0.0394. The first kappa shape index (κ1) is 17.6. The second-order valence-electron chi connectivity index (χ2n) is 5.93. The van der Waals surface area contributed by atoms with Crippen LogP contribution in [0.3, 0.4) is 0 Å². The van der Waals surface area contributed by atoms with E-state index in [0.717, 1.165) is 22.2 Å². The molecule has 136 valence electrons. The van der Waals surface area contributed by atoms with Crippen LogP contribution in [0.2, 0.25) is 0 Å². The number of aryl methyl sites for hydroxylation is 1.